The van der Waals surface area contributed by atoms with Crippen molar-refractivity contribution in [2.24, 2.45) is 0 Å². The third-order valence-corrected chi connectivity index (χ3v) is 3.46. The van der Waals surface area contributed by atoms with Gasteiger partial charge in [-0.25, -0.2) is 0 Å². The van der Waals surface area contributed by atoms with E-state index >= 15 is 0 Å². The summed E-state index contributed by atoms with van der Waals surface area (Å²) in [4.78, 5) is 36.8. The second-order valence-electron chi connectivity index (χ2n) is 6.76. The average molecular weight is 383 g/mol. The van der Waals surface area contributed by atoms with Crippen molar-refractivity contribution in [3.05, 3.63) is 21.7 Å². The van der Waals surface area contributed by atoms with Crippen LogP contribution in [0.15, 0.2) is 6.07 Å². The highest BCUT2D eigenvalue weighted by molar-refractivity contribution is 6.02. The van der Waals surface area contributed by atoms with Gasteiger partial charge >= 0.3 is 5.69 Å². The molecular weight excluding hydrogens is 358 g/mol. The number of amides is 2. The van der Waals surface area contributed by atoms with Crippen LogP contribution < -0.4 is 19.5 Å². The van der Waals surface area contributed by atoms with Gasteiger partial charge in [0.2, 0.25) is 17.4 Å². The van der Waals surface area contributed by atoms with E-state index in [1.54, 1.807) is 20.8 Å². The van der Waals surface area contributed by atoms with Gasteiger partial charge in [-0.2, -0.15) is 0 Å². The molecule has 1 aromatic rings. The topological polar surface area (TPSA) is 120 Å². The SMILES string of the molecule is COc1cc(C(=O)N(C)CC(=O)NC(C)(C)C)c([N+](=O)[O-])c(OC)c1OC. The second-order valence-corrected chi connectivity index (χ2v) is 6.76. The number of hydrogen-bond donors (Lipinski definition) is 1. The van der Waals surface area contributed by atoms with Gasteiger partial charge in [-0.1, -0.05) is 0 Å². The Morgan fingerprint density at radius 2 is 1.70 bits per heavy atom. The number of rotatable bonds is 7. The Kier molecular flexibility index (Phi) is 6.98. The Bertz CT molecular complexity index is 741. The van der Waals surface area contributed by atoms with Gasteiger partial charge in [0.1, 0.15) is 5.56 Å². The lowest BCUT2D eigenvalue weighted by atomic mass is 10.1. The van der Waals surface area contributed by atoms with Crippen molar-refractivity contribution in [1.29, 1.82) is 0 Å². The minimum atomic E-state index is -0.739. The highest BCUT2D eigenvalue weighted by Crippen LogP contribution is 2.46. The quantitative estimate of drug-likeness (QED) is 0.561. The average Bonchev–Trinajstić information content (AvgIpc) is 2.56. The van der Waals surface area contributed by atoms with Crippen LogP contribution in [0.1, 0.15) is 31.1 Å². The molecule has 1 rings (SSSR count). The number of nitrogens with zero attached hydrogens (tertiary/aromatic N) is 2. The number of carbonyl (C=O) groups excluding carboxylic acids is 2. The third kappa shape index (κ3) is 5.22. The number of nitro groups is 1. The molecule has 0 saturated carbocycles. The second kappa shape index (κ2) is 8.56. The first-order valence-corrected chi connectivity index (χ1v) is 8.00. The summed E-state index contributed by atoms with van der Waals surface area (Å²) in [5, 5.41) is 14.3. The van der Waals surface area contributed by atoms with E-state index in [0.29, 0.717) is 0 Å². The van der Waals surface area contributed by atoms with E-state index in [0.717, 1.165) is 4.90 Å². The molecule has 1 N–H and O–H groups in total. The zero-order valence-corrected chi connectivity index (χ0v) is 16.5. The number of ether oxygens (including phenoxy) is 3. The molecule has 0 aliphatic rings. The maximum atomic E-state index is 12.8. The van der Waals surface area contributed by atoms with Gasteiger partial charge in [-0.15, -0.1) is 0 Å². The van der Waals surface area contributed by atoms with Gasteiger partial charge in [0.15, 0.2) is 5.75 Å². The monoisotopic (exact) mass is 383 g/mol. The predicted molar refractivity (Wildman–Crippen MR) is 97.6 cm³/mol. The van der Waals surface area contributed by atoms with Crippen LogP contribution in [0.3, 0.4) is 0 Å². The lowest BCUT2D eigenvalue weighted by Gasteiger charge is -2.23. The molecule has 10 heteroatoms. The molecule has 150 valence electrons. The summed E-state index contributed by atoms with van der Waals surface area (Å²) in [6.45, 7) is 5.13. The van der Waals surface area contributed by atoms with Gasteiger partial charge in [0.05, 0.1) is 32.8 Å². The van der Waals surface area contributed by atoms with Crippen molar-refractivity contribution in [2.45, 2.75) is 26.3 Å². The van der Waals surface area contributed by atoms with Crippen LogP contribution in [0.2, 0.25) is 0 Å². The molecule has 0 bridgehead atoms. The van der Waals surface area contributed by atoms with Gasteiger partial charge in [0.25, 0.3) is 5.91 Å². The van der Waals surface area contributed by atoms with E-state index in [1.165, 1.54) is 34.4 Å². The molecule has 0 heterocycles. The van der Waals surface area contributed by atoms with E-state index in [4.69, 9.17) is 14.2 Å². The summed E-state index contributed by atoms with van der Waals surface area (Å²) in [6, 6.07) is 1.19. The Morgan fingerprint density at radius 3 is 2.11 bits per heavy atom. The van der Waals surface area contributed by atoms with E-state index in [9.17, 15) is 19.7 Å². The summed E-state index contributed by atoms with van der Waals surface area (Å²) in [6.07, 6.45) is 0. The van der Waals surface area contributed by atoms with E-state index in [2.05, 4.69) is 5.32 Å². The van der Waals surface area contributed by atoms with Crippen LogP contribution in [0.25, 0.3) is 0 Å². The van der Waals surface area contributed by atoms with Crippen molar-refractivity contribution in [1.82, 2.24) is 10.2 Å². The zero-order valence-electron chi connectivity index (χ0n) is 16.5. The largest absolute Gasteiger partial charge is 0.493 e. The molecule has 0 aromatic heterocycles. The molecular formula is C17H25N3O7. The Morgan fingerprint density at radius 1 is 1.15 bits per heavy atom. The molecule has 10 nitrogen and oxygen atoms in total. The highest BCUT2D eigenvalue weighted by atomic mass is 16.6. The molecule has 0 radical (unpaired) electrons. The Labute approximate surface area is 157 Å². The number of carbonyl (C=O) groups is 2. The van der Waals surface area contributed by atoms with Crippen molar-refractivity contribution in [3.63, 3.8) is 0 Å². The number of benzene rings is 1. The van der Waals surface area contributed by atoms with Crippen LogP contribution in [-0.2, 0) is 4.79 Å². The lowest BCUT2D eigenvalue weighted by molar-refractivity contribution is -0.386. The fraction of sp³-hybridized carbons (Fsp3) is 0.529. The first-order chi connectivity index (χ1) is 12.5. The molecule has 1 aromatic carbocycles. The minimum Gasteiger partial charge on any atom is -0.493 e. The molecule has 0 aliphatic heterocycles. The third-order valence-electron chi connectivity index (χ3n) is 3.46. The summed E-state index contributed by atoms with van der Waals surface area (Å²) >= 11 is 0. The standard InChI is InChI=1S/C17H25N3O7/c1-17(2,3)18-12(21)9-19(4)16(22)10-8-11(25-5)14(26-6)15(27-7)13(10)20(23)24/h8H,9H2,1-7H3,(H,18,21). The van der Waals surface area contributed by atoms with Gasteiger partial charge in [-0.05, 0) is 20.8 Å². The summed E-state index contributed by atoms with van der Waals surface area (Å²) in [5.41, 5.74) is -1.32. The van der Waals surface area contributed by atoms with E-state index < -0.39 is 28.0 Å². The Balaban J connectivity index is 3.36. The predicted octanol–water partition coefficient (Wildman–Crippen LogP) is 1.61. The number of hydrogen-bond acceptors (Lipinski definition) is 7. The summed E-state index contributed by atoms with van der Waals surface area (Å²) < 4.78 is 15.4. The van der Waals surface area contributed by atoms with Gasteiger partial charge in [-0.3, -0.25) is 19.7 Å². The normalized spacial score (nSPS) is 10.8. The summed E-state index contributed by atoms with van der Waals surface area (Å²) in [5.74, 6) is -1.27. The van der Waals surface area contributed by atoms with Crippen LogP contribution in [0.5, 0.6) is 17.2 Å². The first kappa shape index (κ1) is 22.0. The van der Waals surface area contributed by atoms with E-state index in [1.807, 2.05) is 0 Å². The number of nitrogens with one attached hydrogen (secondary N) is 1. The maximum absolute atomic E-state index is 12.8. The maximum Gasteiger partial charge on any atom is 0.327 e. The van der Waals surface area contributed by atoms with Crippen molar-refractivity contribution in [3.8, 4) is 17.2 Å². The molecule has 0 spiro atoms. The molecule has 0 saturated heterocycles. The molecule has 0 aliphatic carbocycles. The van der Waals surface area contributed by atoms with Crippen molar-refractivity contribution < 1.29 is 28.7 Å². The molecule has 27 heavy (non-hydrogen) atoms. The number of methoxy groups -OCH3 is 3. The zero-order chi connectivity index (χ0) is 20.9. The van der Waals surface area contributed by atoms with Crippen molar-refractivity contribution in [2.75, 3.05) is 34.9 Å². The molecule has 0 atom stereocenters. The van der Waals surface area contributed by atoms with Crippen LogP contribution in [0, 0.1) is 10.1 Å². The Hall–Kier alpha value is -3.04. The molecule has 0 fully saturated rings. The van der Waals surface area contributed by atoms with Gasteiger partial charge < -0.3 is 24.4 Å². The lowest BCUT2D eigenvalue weighted by Crippen LogP contribution is -2.46. The molecule has 0 unspecified atom stereocenters. The van der Waals surface area contributed by atoms with E-state index in [-0.39, 0.29) is 29.4 Å². The van der Waals surface area contributed by atoms with Crippen LogP contribution >= 0.6 is 0 Å². The highest BCUT2D eigenvalue weighted by Gasteiger charge is 2.34. The number of likely N-dealkylation sites (N-methyl/N-ethyl adjacent to an activating group) is 1. The van der Waals surface area contributed by atoms with Crippen LogP contribution in [-0.4, -0.2) is 62.1 Å². The summed E-state index contributed by atoms with van der Waals surface area (Å²) in [7, 11) is 5.23. The van der Waals surface area contributed by atoms with Gasteiger partial charge in [0, 0.05) is 18.7 Å². The van der Waals surface area contributed by atoms with Crippen molar-refractivity contribution >= 4 is 17.5 Å². The smallest absolute Gasteiger partial charge is 0.327 e. The fourth-order valence-electron chi connectivity index (χ4n) is 2.44. The molecule has 2 amide bonds. The minimum absolute atomic E-state index is 0.00335. The van der Waals surface area contributed by atoms with Crippen LogP contribution in [0.4, 0.5) is 5.69 Å². The first-order valence-electron chi connectivity index (χ1n) is 8.00. The fourth-order valence-corrected chi connectivity index (χ4v) is 2.44. The number of nitro benzene ring substituents is 1.